The molecule has 1 N–H and O–H groups in total. The smallest absolute Gasteiger partial charge is 0.253 e. The predicted molar refractivity (Wildman–Crippen MR) is 109 cm³/mol. The number of amides is 1. The van der Waals surface area contributed by atoms with Crippen molar-refractivity contribution in [3.8, 4) is 11.1 Å². The molecule has 0 aliphatic rings. The molecule has 0 fully saturated rings. The summed E-state index contributed by atoms with van der Waals surface area (Å²) in [7, 11) is 0. The highest BCUT2D eigenvalue weighted by atomic mass is 35.5. The number of hydrogen-bond donors (Lipinski definition) is 1. The van der Waals surface area contributed by atoms with E-state index in [1.54, 1.807) is 24.0 Å². The number of aromatic nitrogens is 1. The van der Waals surface area contributed by atoms with Gasteiger partial charge in [0.1, 0.15) is 0 Å². The average molecular weight is 403 g/mol. The molecule has 1 heterocycles. The van der Waals surface area contributed by atoms with E-state index in [0.29, 0.717) is 22.2 Å². The van der Waals surface area contributed by atoms with Crippen molar-refractivity contribution in [1.82, 2.24) is 10.3 Å². The first-order valence-corrected chi connectivity index (χ1v) is 9.87. The van der Waals surface area contributed by atoms with E-state index >= 15 is 0 Å². The molecule has 0 radical (unpaired) electrons. The van der Waals surface area contributed by atoms with Crippen LogP contribution in [0.1, 0.15) is 15.9 Å². The van der Waals surface area contributed by atoms with Crippen molar-refractivity contribution in [3.63, 3.8) is 0 Å². The van der Waals surface area contributed by atoms with E-state index in [9.17, 15) is 4.79 Å². The van der Waals surface area contributed by atoms with Crippen LogP contribution >= 0.6 is 35.0 Å². The van der Waals surface area contributed by atoms with Gasteiger partial charge in [0.05, 0.1) is 5.56 Å². The maximum absolute atomic E-state index is 12.5. The lowest BCUT2D eigenvalue weighted by Gasteiger charge is -2.09. The predicted octanol–water partition coefficient (Wildman–Crippen LogP) is 5.71. The molecule has 2 aromatic carbocycles. The van der Waals surface area contributed by atoms with Gasteiger partial charge in [0.15, 0.2) is 0 Å². The number of carbonyl (C=O) groups is 1. The quantitative estimate of drug-likeness (QED) is 0.555. The molecule has 0 spiro atoms. The molecule has 3 rings (SSSR count). The standard InChI is InChI=1S/C20H16Cl2N2OS/c1-26-16-7-6-13(19(22)9-16)12-24-20(25)15-8-14(10-23-11-15)17-4-2-3-5-18(17)21/h2-11H,12H2,1H3,(H,24,25). The molecule has 0 saturated carbocycles. The number of hydrogen-bond acceptors (Lipinski definition) is 3. The summed E-state index contributed by atoms with van der Waals surface area (Å²) in [4.78, 5) is 17.7. The first-order chi connectivity index (χ1) is 12.6. The summed E-state index contributed by atoms with van der Waals surface area (Å²) < 4.78 is 0. The Morgan fingerprint density at radius 3 is 2.62 bits per heavy atom. The zero-order valence-corrected chi connectivity index (χ0v) is 16.3. The van der Waals surface area contributed by atoms with Gasteiger partial charge in [-0.1, -0.05) is 47.5 Å². The summed E-state index contributed by atoms with van der Waals surface area (Å²) >= 11 is 14.1. The molecule has 0 atom stereocenters. The Morgan fingerprint density at radius 1 is 1.08 bits per heavy atom. The van der Waals surface area contributed by atoms with Gasteiger partial charge in [-0.2, -0.15) is 0 Å². The van der Waals surface area contributed by atoms with E-state index in [2.05, 4.69) is 10.3 Å². The number of nitrogens with zero attached hydrogens (tertiary/aromatic N) is 1. The van der Waals surface area contributed by atoms with E-state index < -0.39 is 0 Å². The molecular weight excluding hydrogens is 387 g/mol. The van der Waals surface area contributed by atoms with E-state index in [1.165, 1.54) is 6.20 Å². The van der Waals surface area contributed by atoms with Crippen LogP contribution in [0.25, 0.3) is 11.1 Å². The topological polar surface area (TPSA) is 42.0 Å². The number of rotatable bonds is 5. The Balaban J connectivity index is 1.75. The van der Waals surface area contributed by atoms with Crippen molar-refractivity contribution in [2.24, 2.45) is 0 Å². The summed E-state index contributed by atoms with van der Waals surface area (Å²) in [5.74, 6) is -0.212. The van der Waals surface area contributed by atoms with Crippen molar-refractivity contribution in [2.45, 2.75) is 11.4 Å². The minimum atomic E-state index is -0.212. The first kappa shape index (κ1) is 18.8. The second-order valence-corrected chi connectivity index (χ2v) is 7.28. The summed E-state index contributed by atoms with van der Waals surface area (Å²) in [6.07, 6.45) is 5.22. The van der Waals surface area contributed by atoms with Crippen LogP contribution in [0.15, 0.2) is 65.8 Å². The lowest BCUT2D eigenvalue weighted by Crippen LogP contribution is -2.23. The van der Waals surface area contributed by atoms with Crippen LogP contribution in [-0.2, 0) is 6.54 Å². The third-order valence-electron chi connectivity index (χ3n) is 3.88. The van der Waals surface area contributed by atoms with Crippen molar-refractivity contribution in [2.75, 3.05) is 6.26 Å². The normalized spacial score (nSPS) is 10.6. The molecular formula is C20H16Cl2N2OS. The third-order valence-corrected chi connectivity index (χ3v) is 5.29. The van der Waals surface area contributed by atoms with Gasteiger partial charge >= 0.3 is 0 Å². The Bertz CT molecular complexity index is 947. The fourth-order valence-electron chi connectivity index (χ4n) is 2.48. The van der Waals surface area contributed by atoms with Gasteiger partial charge in [0.25, 0.3) is 5.91 Å². The fraction of sp³-hybridized carbons (Fsp3) is 0.100. The van der Waals surface area contributed by atoms with Crippen molar-refractivity contribution < 1.29 is 4.79 Å². The first-order valence-electron chi connectivity index (χ1n) is 7.89. The molecule has 26 heavy (non-hydrogen) atoms. The zero-order valence-electron chi connectivity index (χ0n) is 14.0. The van der Waals surface area contributed by atoms with Gasteiger partial charge in [0.2, 0.25) is 0 Å². The molecule has 1 aromatic heterocycles. The van der Waals surface area contributed by atoms with Crippen LogP contribution < -0.4 is 5.32 Å². The lowest BCUT2D eigenvalue weighted by atomic mass is 10.1. The van der Waals surface area contributed by atoms with E-state index in [1.807, 2.05) is 48.7 Å². The van der Waals surface area contributed by atoms with Gasteiger partial charge in [-0.05, 0) is 36.1 Å². The molecule has 0 unspecified atom stereocenters. The maximum atomic E-state index is 12.5. The molecule has 6 heteroatoms. The zero-order chi connectivity index (χ0) is 18.5. The van der Waals surface area contributed by atoms with E-state index in [-0.39, 0.29) is 5.91 Å². The van der Waals surface area contributed by atoms with Crippen molar-refractivity contribution >= 4 is 40.9 Å². The highest BCUT2D eigenvalue weighted by molar-refractivity contribution is 7.98. The van der Waals surface area contributed by atoms with Gasteiger partial charge in [0, 0.05) is 45.0 Å². The highest BCUT2D eigenvalue weighted by Gasteiger charge is 2.10. The summed E-state index contributed by atoms with van der Waals surface area (Å²) in [6, 6.07) is 15.0. The van der Waals surface area contributed by atoms with Crippen LogP contribution in [0.2, 0.25) is 10.0 Å². The number of thioether (sulfide) groups is 1. The lowest BCUT2D eigenvalue weighted by molar-refractivity contribution is 0.0950. The molecule has 0 saturated heterocycles. The van der Waals surface area contributed by atoms with Gasteiger partial charge in [-0.25, -0.2) is 0 Å². The molecule has 0 bridgehead atoms. The van der Waals surface area contributed by atoms with Crippen LogP contribution in [-0.4, -0.2) is 17.1 Å². The SMILES string of the molecule is CSc1ccc(CNC(=O)c2cncc(-c3ccccc3Cl)c2)c(Cl)c1. The summed E-state index contributed by atoms with van der Waals surface area (Å²) in [6.45, 7) is 0.350. The number of carbonyl (C=O) groups excluding carboxylic acids is 1. The molecule has 0 aliphatic carbocycles. The molecule has 132 valence electrons. The summed E-state index contributed by atoms with van der Waals surface area (Å²) in [5, 5.41) is 4.14. The Morgan fingerprint density at radius 2 is 1.88 bits per heavy atom. The Hall–Kier alpha value is -2.01. The van der Waals surface area contributed by atoms with Gasteiger partial charge in [-0.15, -0.1) is 11.8 Å². The maximum Gasteiger partial charge on any atom is 0.253 e. The van der Waals surface area contributed by atoms with Crippen LogP contribution in [0, 0.1) is 0 Å². The second kappa shape index (κ2) is 8.58. The second-order valence-electron chi connectivity index (χ2n) is 5.58. The third kappa shape index (κ3) is 4.39. The number of halogens is 2. The van der Waals surface area contributed by atoms with Gasteiger partial charge in [-0.3, -0.25) is 9.78 Å². The number of benzene rings is 2. The number of pyridine rings is 1. The largest absolute Gasteiger partial charge is 0.348 e. The van der Waals surface area contributed by atoms with E-state index in [0.717, 1.165) is 21.6 Å². The number of nitrogens with one attached hydrogen (secondary N) is 1. The Kier molecular flexibility index (Phi) is 6.20. The summed E-state index contributed by atoms with van der Waals surface area (Å²) in [5.41, 5.74) is 2.98. The Labute approximate surface area is 166 Å². The van der Waals surface area contributed by atoms with Crippen LogP contribution in [0.3, 0.4) is 0 Å². The highest BCUT2D eigenvalue weighted by Crippen LogP contribution is 2.27. The van der Waals surface area contributed by atoms with Crippen molar-refractivity contribution in [1.29, 1.82) is 0 Å². The minimum absolute atomic E-state index is 0.212. The van der Waals surface area contributed by atoms with Crippen LogP contribution in [0.4, 0.5) is 0 Å². The molecule has 3 nitrogen and oxygen atoms in total. The molecule has 0 aliphatic heterocycles. The molecule has 1 amide bonds. The van der Waals surface area contributed by atoms with Gasteiger partial charge < -0.3 is 5.32 Å². The molecule has 3 aromatic rings. The van der Waals surface area contributed by atoms with E-state index in [4.69, 9.17) is 23.2 Å². The fourth-order valence-corrected chi connectivity index (χ4v) is 3.48. The average Bonchev–Trinajstić information content (AvgIpc) is 2.67. The minimum Gasteiger partial charge on any atom is -0.348 e. The van der Waals surface area contributed by atoms with Crippen molar-refractivity contribution in [3.05, 3.63) is 82.1 Å². The monoisotopic (exact) mass is 402 g/mol. The van der Waals surface area contributed by atoms with Crippen LogP contribution in [0.5, 0.6) is 0 Å².